The predicted molar refractivity (Wildman–Crippen MR) is 84.1 cm³/mol. The Balaban J connectivity index is 2.02. The molecule has 0 radical (unpaired) electrons. The number of anilines is 2. The molecule has 2 rings (SSSR count). The van der Waals surface area contributed by atoms with Crippen LogP contribution < -0.4 is 15.8 Å². The van der Waals surface area contributed by atoms with Crippen LogP contribution >= 0.6 is 0 Å². The Labute approximate surface area is 122 Å². The molecule has 112 valence electrons. The van der Waals surface area contributed by atoms with Crippen molar-refractivity contribution in [3.63, 3.8) is 0 Å². The van der Waals surface area contributed by atoms with Crippen LogP contribution in [0, 0.1) is 5.41 Å². The molecular weight excluding hydrogens is 250 g/mol. The number of nitrogen functional groups attached to an aromatic ring is 1. The molecule has 0 aromatic carbocycles. The predicted octanol–water partition coefficient (Wildman–Crippen LogP) is 3.83. The monoisotopic (exact) mass is 277 g/mol. The second-order valence-corrected chi connectivity index (χ2v) is 6.17. The van der Waals surface area contributed by atoms with Crippen molar-refractivity contribution in [3.05, 3.63) is 12.1 Å². The molecular formula is C16H27N3O. The first-order valence-corrected chi connectivity index (χ1v) is 7.72. The molecule has 1 aliphatic carbocycles. The Morgan fingerprint density at radius 1 is 1.35 bits per heavy atom. The lowest BCUT2D eigenvalue weighted by molar-refractivity contribution is 0.234. The van der Waals surface area contributed by atoms with Gasteiger partial charge in [-0.15, -0.1) is 0 Å². The van der Waals surface area contributed by atoms with E-state index in [1.807, 2.05) is 26.0 Å². The lowest BCUT2D eigenvalue weighted by Gasteiger charge is -2.28. The summed E-state index contributed by atoms with van der Waals surface area (Å²) in [6.45, 7) is 7.23. The average Bonchev–Trinajstić information content (AvgIpc) is 2.89. The summed E-state index contributed by atoms with van der Waals surface area (Å²) in [5, 5.41) is 3.47. The molecule has 1 aromatic heterocycles. The molecule has 0 amide bonds. The number of ether oxygens (including phenoxy) is 1. The molecule has 0 spiro atoms. The first-order chi connectivity index (χ1) is 9.54. The maximum absolute atomic E-state index is 5.89. The zero-order valence-corrected chi connectivity index (χ0v) is 12.9. The van der Waals surface area contributed by atoms with Gasteiger partial charge in [-0.2, -0.15) is 4.98 Å². The van der Waals surface area contributed by atoms with Crippen molar-refractivity contribution in [2.45, 2.75) is 59.0 Å². The van der Waals surface area contributed by atoms with Gasteiger partial charge in [0.2, 0.25) is 5.88 Å². The number of nitrogens with one attached hydrogen (secondary N) is 1. The third kappa shape index (κ3) is 3.56. The third-order valence-electron chi connectivity index (χ3n) is 4.30. The van der Waals surface area contributed by atoms with Crippen LogP contribution in [0.1, 0.15) is 52.9 Å². The van der Waals surface area contributed by atoms with Crippen LogP contribution in [0.15, 0.2) is 12.1 Å². The quantitative estimate of drug-likeness (QED) is 0.829. The molecule has 0 unspecified atom stereocenters. The number of nitrogens with zero attached hydrogens (tertiary/aromatic N) is 1. The summed E-state index contributed by atoms with van der Waals surface area (Å²) in [5.41, 5.74) is 6.93. The lowest BCUT2D eigenvalue weighted by Crippen LogP contribution is -2.26. The fraction of sp³-hybridized carbons (Fsp3) is 0.688. The topological polar surface area (TPSA) is 60.2 Å². The first kappa shape index (κ1) is 14.9. The molecule has 0 saturated heterocycles. The lowest BCUT2D eigenvalue weighted by atomic mass is 9.83. The van der Waals surface area contributed by atoms with Crippen LogP contribution in [0.2, 0.25) is 0 Å². The number of pyridine rings is 1. The standard InChI is InChI=1S/C16H27N3O/c1-4-16(9-5-6-10-16)11-18-14-8-7-13(17)15(19-14)20-12(2)3/h7-8,12H,4-6,9-11,17H2,1-3H3,(H,18,19). The maximum Gasteiger partial charge on any atom is 0.239 e. The third-order valence-corrected chi connectivity index (χ3v) is 4.30. The highest BCUT2D eigenvalue weighted by molar-refractivity contribution is 5.53. The molecule has 0 aliphatic heterocycles. The average molecular weight is 277 g/mol. The molecule has 1 saturated carbocycles. The van der Waals surface area contributed by atoms with Crippen molar-refractivity contribution < 1.29 is 4.74 Å². The van der Waals surface area contributed by atoms with E-state index in [0.29, 0.717) is 17.0 Å². The molecule has 4 heteroatoms. The number of hydrogen-bond acceptors (Lipinski definition) is 4. The smallest absolute Gasteiger partial charge is 0.239 e. The van der Waals surface area contributed by atoms with E-state index in [2.05, 4.69) is 17.2 Å². The summed E-state index contributed by atoms with van der Waals surface area (Å²) in [6.07, 6.45) is 6.65. The summed E-state index contributed by atoms with van der Waals surface area (Å²) in [4.78, 5) is 4.48. The Morgan fingerprint density at radius 3 is 2.65 bits per heavy atom. The molecule has 1 fully saturated rings. The zero-order chi connectivity index (χ0) is 14.6. The Kier molecular flexibility index (Phi) is 4.73. The second kappa shape index (κ2) is 6.33. The van der Waals surface area contributed by atoms with Crippen LogP contribution in [0.3, 0.4) is 0 Å². The Hall–Kier alpha value is -1.45. The van der Waals surface area contributed by atoms with E-state index in [0.717, 1.165) is 12.4 Å². The molecule has 1 heterocycles. The highest BCUT2D eigenvalue weighted by atomic mass is 16.5. The highest BCUT2D eigenvalue weighted by Gasteiger charge is 2.31. The van der Waals surface area contributed by atoms with Gasteiger partial charge in [0.15, 0.2) is 0 Å². The van der Waals surface area contributed by atoms with E-state index in [9.17, 15) is 0 Å². The van der Waals surface area contributed by atoms with Crippen molar-refractivity contribution in [1.82, 2.24) is 4.98 Å². The summed E-state index contributed by atoms with van der Waals surface area (Å²) >= 11 is 0. The molecule has 1 aliphatic rings. The van der Waals surface area contributed by atoms with Gasteiger partial charge in [0.1, 0.15) is 5.82 Å². The fourth-order valence-electron chi connectivity index (χ4n) is 2.93. The largest absolute Gasteiger partial charge is 0.473 e. The number of hydrogen-bond donors (Lipinski definition) is 2. The van der Waals surface area contributed by atoms with Gasteiger partial charge in [0, 0.05) is 6.54 Å². The minimum Gasteiger partial charge on any atom is -0.473 e. The molecule has 0 atom stereocenters. The molecule has 0 bridgehead atoms. The van der Waals surface area contributed by atoms with E-state index in [-0.39, 0.29) is 6.10 Å². The van der Waals surface area contributed by atoms with Crippen molar-refractivity contribution in [2.24, 2.45) is 5.41 Å². The molecule has 4 nitrogen and oxygen atoms in total. The fourth-order valence-corrected chi connectivity index (χ4v) is 2.93. The maximum atomic E-state index is 5.89. The van der Waals surface area contributed by atoms with Gasteiger partial charge in [0.05, 0.1) is 11.8 Å². The number of nitrogens with two attached hydrogens (primary N) is 1. The van der Waals surface area contributed by atoms with Crippen molar-refractivity contribution in [1.29, 1.82) is 0 Å². The van der Waals surface area contributed by atoms with Crippen LogP contribution in [0.4, 0.5) is 11.5 Å². The highest BCUT2D eigenvalue weighted by Crippen LogP contribution is 2.40. The minimum atomic E-state index is 0.0804. The molecule has 1 aromatic rings. The van der Waals surface area contributed by atoms with Gasteiger partial charge in [-0.1, -0.05) is 19.8 Å². The van der Waals surface area contributed by atoms with Gasteiger partial charge < -0.3 is 15.8 Å². The zero-order valence-electron chi connectivity index (χ0n) is 12.9. The van der Waals surface area contributed by atoms with Crippen LogP contribution in [-0.4, -0.2) is 17.6 Å². The van der Waals surface area contributed by atoms with E-state index in [4.69, 9.17) is 10.5 Å². The second-order valence-electron chi connectivity index (χ2n) is 6.17. The van der Waals surface area contributed by atoms with Crippen molar-refractivity contribution in [3.8, 4) is 5.88 Å². The van der Waals surface area contributed by atoms with E-state index < -0.39 is 0 Å². The number of rotatable bonds is 6. The minimum absolute atomic E-state index is 0.0804. The summed E-state index contributed by atoms with van der Waals surface area (Å²) in [7, 11) is 0. The van der Waals surface area contributed by atoms with Gasteiger partial charge in [-0.05, 0) is 50.7 Å². The number of aromatic nitrogens is 1. The van der Waals surface area contributed by atoms with Crippen molar-refractivity contribution >= 4 is 11.5 Å². The summed E-state index contributed by atoms with van der Waals surface area (Å²) in [6, 6.07) is 3.79. The Bertz CT molecular complexity index is 439. The van der Waals surface area contributed by atoms with Crippen LogP contribution in [-0.2, 0) is 0 Å². The van der Waals surface area contributed by atoms with Gasteiger partial charge in [-0.25, -0.2) is 0 Å². The van der Waals surface area contributed by atoms with E-state index in [1.54, 1.807) is 0 Å². The van der Waals surface area contributed by atoms with E-state index in [1.165, 1.54) is 32.1 Å². The normalized spacial score (nSPS) is 17.4. The first-order valence-electron chi connectivity index (χ1n) is 7.72. The van der Waals surface area contributed by atoms with Gasteiger partial charge in [0.25, 0.3) is 0 Å². The summed E-state index contributed by atoms with van der Waals surface area (Å²) in [5.74, 6) is 1.39. The van der Waals surface area contributed by atoms with Crippen LogP contribution in [0.25, 0.3) is 0 Å². The molecule has 3 N–H and O–H groups in total. The van der Waals surface area contributed by atoms with E-state index >= 15 is 0 Å². The van der Waals surface area contributed by atoms with Gasteiger partial charge in [-0.3, -0.25) is 0 Å². The molecule has 20 heavy (non-hydrogen) atoms. The van der Waals surface area contributed by atoms with Crippen molar-refractivity contribution in [2.75, 3.05) is 17.6 Å². The van der Waals surface area contributed by atoms with Crippen LogP contribution in [0.5, 0.6) is 5.88 Å². The summed E-state index contributed by atoms with van der Waals surface area (Å²) < 4.78 is 5.63. The Morgan fingerprint density at radius 2 is 2.05 bits per heavy atom. The SMILES string of the molecule is CCC1(CNc2ccc(N)c(OC(C)C)n2)CCCC1. The van der Waals surface area contributed by atoms with Gasteiger partial charge >= 0.3 is 0 Å².